The van der Waals surface area contributed by atoms with Gasteiger partial charge in [0.15, 0.2) is 0 Å². The van der Waals surface area contributed by atoms with Crippen LogP contribution in [0.4, 0.5) is 5.69 Å². The van der Waals surface area contributed by atoms with Gasteiger partial charge in [0.05, 0.1) is 16.8 Å². The summed E-state index contributed by atoms with van der Waals surface area (Å²) in [6.07, 6.45) is 1.57. The first kappa shape index (κ1) is 28.1. The summed E-state index contributed by atoms with van der Waals surface area (Å²) in [4.78, 5) is 13.0. The minimum absolute atomic E-state index is 0.0325. The molecule has 0 radical (unpaired) electrons. The fourth-order valence-corrected chi connectivity index (χ4v) is 5.91. The molecular weight excluding hydrogens is 532 g/mol. The normalized spacial score (nSPS) is 11.6. The Hall–Kier alpha value is -3.88. The number of amides is 1. The molecule has 7 nitrogen and oxygen atoms in total. The number of rotatable bonds is 8. The molecule has 4 rings (SSSR count). The molecule has 1 amide bonds. The first-order chi connectivity index (χ1) is 18.5. The van der Waals surface area contributed by atoms with Gasteiger partial charge in [0.1, 0.15) is 6.54 Å². The number of halogens is 1. The lowest BCUT2D eigenvalue weighted by Crippen LogP contribution is -2.39. The molecule has 0 atom stereocenters. The van der Waals surface area contributed by atoms with Crippen LogP contribution < -0.4 is 9.73 Å². The van der Waals surface area contributed by atoms with Gasteiger partial charge in [-0.2, -0.15) is 5.10 Å². The van der Waals surface area contributed by atoms with Crippen molar-refractivity contribution in [1.82, 2.24) is 9.99 Å². The van der Waals surface area contributed by atoms with Crippen LogP contribution in [0.2, 0.25) is 5.02 Å². The molecule has 0 fully saturated rings. The molecule has 0 aliphatic carbocycles. The standard InChI is InChI=1S/C30H31ClN4O3S/c1-20-10-13-27(16-22(20)3)34(39(37,38)28-14-11-26(31)12-15-28)19-30(36)33-32-18-25-17-23(4)35(24(25)5)29-9-7-6-8-21(29)2/h6-18H,19H2,1-5H3,(H,33,36)/b32-18-. The molecule has 0 spiro atoms. The molecule has 4 aromatic rings. The molecular formula is C30H31ClN4O3S. The highest BCUT2D eigenvalue weighted by Crippen LogP contribution is 2.27. The van der Waals surface area contributed by atoms with Gasteiger partial charge >= 0.3 is 0 Å². The fourth-order valence-electron chi connectivity index (χ4n) is 4.37. The van der Waals surface area contributed by atoms with Gasteiger partial charge in [-0.1, -0.05) is 35.9 Å². The molecule has 0 bridgehead atoms. The van der Waals surface area contributed by atoms with Crippen LogP contribution in [0.25, 0.3) is 5.69 Å². The van der Waals surface area contributed by atoms with Crippen LogP contribution in [-0.4, -0.2) is 31.7 Å². The zero-order valence-electron chi connectivity index (χ0n) is 22.6. The fraction of sp³-hybridized carbons (Fsp3) is 0.200. The maximum atomic E-state index is 13.6. The summed E-state index contributed by atoms with van der Waals surface area (Å²) in [5.41, 5.74) is 9.87. The van der Waals surface area contributed by atoms with Crippen molar-refractivity contribution < 1.29 is 13.2 Å². The minimum Gasteiger partial charge on any atom is -0.318 e. The first-order valence-corrected chi connectivity index (χ1v) is 14.2. The monoisotopic (exact) mass is 562 g/mol. The van der Waals surface area contributed by atoms with E-state index in [2.05, 4.69) is 34.2 Å². The summed E-state index contributed by atoms with van der Waals surface area (Å²) in [6, 6.07) is 21.2. The second-order valence-corrected chi connectivity index (χ2v) is 11.8. The van der Waals surface area contributed by atoms with Crippen molar-refractivity contribution in [2.24, 2.45) is 5.10 Å². The van der Waals surface area contributed by atoms with Gasteiger partial charge < -0.3 is 4.57 Å². The van der Waals surface area contributed by atoms with Crippen molar-refractivity contribution in [2.45, 2.75) is 39.5 Å². The van der Waals surface area contributed by atoms with Crippen LogP contribution >= 0.6 is 11.6 Å². The quantitative estimate of drug-likeness (QED) is 0.210. The number of nitrogens with zero attached hydrogens (tertiary/aromatic N) is 3. The van der Waals surface area contributed by atoms with Gasteiger partial charge in [-0.05, 0) is 99.8 Å². The molecule has 202 valence electrons. The van der Waals surface area contributed by atoms with Crippen LogP contribution in [-0.2, 0) is 14.8 Å². The van der Waals surface area contributed by atoms with Crippen molar-refractivity contribution in [3.05, 3.63) is 111 Å². The Morgan fingerprint density at radius 3 is 2.28 bits per heavy atom. The van der Waals surface area contributed by atoms with Crippen molar-refractivity contribution in [1.29, 1.82) is 0 Å². The number of anilines is 1. The molecule has 0 aliphatic rings. The molecule has 0 saturated heterocycles. The smallest absolute Gasteiger partial charge is 0.264 e. The van der Waals surface area contributed by atoms with Crippen molar-refractivity contribution in [3.8, 4) is 5.69 Å². The van der Waals surface area contributed by atoms with Crippen LogP contribution in [0.15, 0.2) is 82.8 Å². The number of nitrogens with one attached hydrogen (secondary N) is 1. The van der Waals surface area contributed by atoms with E-state index in [4.69, 9.17) is 11.6 Å². The molecule has 9 heteroatoms. The van der Waals surface area contributed by atoms with E-state index in [9.17, 15) is 13.2 Å². The van der Waals surface area contributed by atoms with Gasteiger partial charge in [0, 0.05) is 27.7 Å². The molecule has 0 aliphatic heterocycles. The summed E-state index contributed by atoms with van der Waals surface area (Å²) >= 11 is 5.96. The summed E-state index contributed by atoms with van der Waals surface area (Å²) < 4.78 is 30.4. The number of carbonyl (C=O) groups excluding carboxylic acids is 1. The number of para-hydroxylation sites is 1. The van der Waals surface area contributed by atoms with E-state index >= 15 is 0 Å². The van der Waals surface area contributed by atoms with Crippen molar-refractivity contribution in [3.63, 3.8) is 0 Å². The lowest BCUT2D eigenvalue weighted by atomic mass is 10.1. The third-order valence-corrected chi connectivity index (χ3v) is 8.73. The number of hydrogen-bond acceptors (Lipinski definition) is 4. The van der Waals surface area contributed by atoms with E-state index in [1.165, 1.54) is 24.3 Å². The van der Waals surface area contributed by atoms with Crippen molar-refractivity contribution in [2.75, 3.05) is 10.8 Å². The first-order valence-electron chi connectivity index (χ1n) is 12.4. The van der Waals surface area contributed by atoms with Gasteiger partial charge in [-0.3, -0.25) is 9.10 Å². The van der Waals surface area contributed by atoms with Gasteiger partial charge in [-0.25, -0.2) is 13.8 Å². The molecule has 3 aromatic carbocycles. The van der Waals surface area contributed by atoms with E-state index in [1.54, 1.807) is 18.3 Å². The van der Waals surface area contributed by atoms with E-state index < -0.39 is 22.5 Å². The largest absolute Gasteiger partial charge is 0.318 e. The third kappa shape index (κ3) is 6.08. The van der Waals surface area contributed by atoms with E-state index in [-0.39, 0.29) is 4.90 Å². The number of hydrogen-bond donors (Lipinski definition) is 1. The third-order valence-electron chi connectivity index (χ3n) is 6.69. The summed E-state index contributed by atoms with van der Waals surface area (Å²) in [5.74, 6) is -0.574. The Balaban J connectivity index is 1.58. The lowest BCUT2D eigenvalue weighted by Gasteiger charge is -2.24. The number of carbonyl (C=O) groups is 1. The average molecular weight is 563 g/mol. The maximum absolute atomic E-state index is 13.6. The van der Waals surface area contributed by atoms with Crippen LogP contribution in [0, 0.1) is 34.6 Å². The van der Waals surface area contributed by atoms with Gasteiger partial charge in [0.25, 0.3) is 15.9 Å². The van der Waals surface area contributed by atoms with E-state index in [1.807, 2.05) is 52.0 Å². The highest BCUT2D eigenvalue weighted by atomic mass is 35.5. The minimum atomic E-state index is -4.06. The Kier molecular flexibility index (Phi) is 8.28. The molecule has 0 unspecified atom stereocenters. The number of aromatic nitrogens is 1. The SMILES string of the molecule is Cc1ccc(N(CC(=O)N/N=C\c2cc(C)n(-c3ccccc3C)c2C)S(=O)(=O)c2ccc(Cl)cc2)cc1C. The molecule has 1 heterocycles. The Bertz CT molecular complexity index is 1660. The number of sulfonamides is 1. The van der Waals surface area contributed by atoms with Crippen LogP contribution in [0.1, 0.15) is 33.6 Å². The van der Waals surface area contributed by atoms with E-state index in [0.717, 1.165) is 43.6 Å². The predicted octanol–water partition coefficient (Wildman–Crippen LogP) is 6.02. The topological polar surface area (TPSA) is 83.8 Å². The van der Waals surface area contributed by atoms with Crippen LogP contribution in [0.3, 0.4) is 0 Å². The van der Waals surface area contributed by atoms with Gasteiger partial charge in [0.2, 0.25) is 0 Å². The highest BCUT2D eigenvalue weighted by molar-refractivity contribution is 7.92. The van der Waals surface area contributed by atoms with E-state index in [0.29, 0.717) is 10.7 Å². The second kappa shape index (κ2) is 11.5. The molecule has 0 saturated carbocycles. The Morgan fingerprint density at radius 1 is 0.923 bits per heavy atom. The number of hydrazone groups is 1. The Morgan fingerprint density at radius 2 is 1.62 bits per heavy atom. The zero-order valence-corrected chi connectivity index (χ0v) is 24.1. The summed E-state index contributed by atoms with van der Waals surface area (Å²) in [5, 5.41) is 4.56. The maximum Gasteiger partial charge on any atom is 0.264 e. The van der Waals surface area contributed by atoms with Crippen molar-refractivity contribution >= 4 is 39.4 Å². The lowest BCUT2D eigenvalue weighted by molar-refractivity contribution is -0.119. The zero-order chi connectivity index (χ0) is 28.3. The second-order valence-electron chi connectivity index (χ2n) is 9.48. The van der Waals surface area contributed by atoms with Crippen LogP contribution in [0.5, 0.6) is 0 Å². The van der Waals surface area contributed by atoms with Gasteiger partial charge in [-0.15, -0.1) is 0 Å². The summed E-state index contributed by atoms with van der Waals surface area (Å²) in [7, 11) is -4.06. The average Bonchev–Trinajstić information content (AvgIpc) is 3.17. The Labute approximate surface area is 234 Å². The highest BCUT2D eigenvalue weighted by Gasteiger charge is 2.27. The molecule has 1 aromatic heterocycles. The molecule has 39 heavy (non-hydrogen) atoms. The number of aryl methyl sites for hydroxylation is 4. The number of benzene rings is 3. The molecule has 1 N–H and O–H groups in total. The summed E-state index contributed by atoms with van der Waals surface area (Å²) in [6.45, 7) is 9.44. The predicted molar refractivity (Wildman–Crippen MR) is 158 cm³/mol.